The summed E-state index contributed by atoms with van der Waals surface area (Å²) in [6.45, 7) is 2.60. The van der Waals surface area contributed by atoms with Crippen molar-refractivity contribution < 1.29 is 13.2 Å². The van der Waals surface area contributed by atoms with Crippen LogP contribution in [0.2, 0.25) is 0 Å². The van der Waals surface area contributed by atoms with Crippen molar-refractivity contribution >= 4 is 0 Å². The largest absolute Gasteiger partial charge is 0.416 e. The van der Waals surface area contributed by atoms with E-state index in [0.717, 1.165) is 18.0 Å². The van der Waals surface area contributed by atoms with Crippen LogP contribution in [-0.2, 0) is 19.1 Å². The Balaban J connectivity index is 2.18. The van der Waals surface area contributed by atoms with E-state index in [1.165, 1.54) is 18.5 Å². The Bertz CT molecular complexity index is 576. The van der Waals surface area contributed by atoms with Crippen molar-refractivity contribution in [1.29, 1.82) is 0 Å². The minimum Gasteiger partial charge on any atom is -0.271 e. The van der Waals surface area contributed by atoms with E-state index in [0.29, 0.717) is 18.5 Å². The monoisotopic (exact) mass is 299 g/mol. The van der Waals surface area contributed by atoms with Crippen molar-refractivity contribution in [2.45, 2.75) is 32.1 Å². The zero-order chi connectivity index (χ0) is 15.5. The summed E-state index contributed by atoms with van der Waals surface area (Å²) in [6.07, 6.45) is -2.46. The Hall–Kier alpha value is -1.93. The highest BCUT2D eigenvalue weighted by Crippen LogP contribution is 2.30. The first-order valence-electron chi connectivity index (χ1n) is 6.45. The first kappa shape index (κ1) is 15.5. The van der Waals surface area contributed by atoms with Crippen molar-refractivity contribution in [2.75, 3.05) is 0 Å². The van der Waals surface area contributed by atoms with Crippen LogP contribution >= 0.6 is 0 Å². The van der Waals surface area contributed by atoms with Crippen LogP contribution in [0.3, 0.4) is 0 Å². The summed E-state index contributed by atoms with van der Waals surface area (Å²) >= 11 is 0. The Morgan fingerprint density at radius 2 is 1.95 bits per heavy atom. The maximum Gasteiger partial charge on any atom is 0.416 e. The molecule has 1 unspecified atom stereocenters. The Morgan fingerprint density at radius 3 is 2.48 bits per heavy atom. The molecule has 1 aromatic heterocycles. The summed E-state index contributed by atoms with van der Waals surface area (Å²) in [4.78, 5) is 4.13. The molecule has 8 heteroatoms. The summed E-state index contributed by atoms with van der Waals surface area (Å²) in [5.41, 5.74) is 2.59. The molecule has 0 aliphatic rings. The summed E-state index contributed by atoms with van der Waals surface area (Å²) in [5.74, 6) is 6.23. The van der Waals surface area contributed by atoms with Crippen LogP contribution in [0.1, 0.15) is 29.9 Å². The molecular formula is C13H16F3N5. The number of nitrogens with two attached hydrogens (primary N) is 1. The molecule has 0 aliphatic heterocycles. The number of nitrogens with zero attached hydrogens (tertiary/aromatic N) is 3. The number of rotatable bonds is 5. The Morgan fingerprint density at radius 1 is 1.29 bits per heavy atom. The van der Waals surface area contributed by atoms with E-state index in [1.54, 1.807) is 4.68 Å². The minimum atomic E-state index is -4.34. The van der Waals surface area contributed by atoms with E-state index in [2.05, 4.69) is 15.5 Å². The molecule has 1 aromatic carbocycles. The highest BCUT2D eigenvalue weighted by Gasteiger charge is 2.30. The molecule has 0 radical (unpaired) electrons. The van der Waals surface area contributed by atoms with E-state index in [9.17, 15) is 13.2 Å². The molecule has 0 saturated carbocycles. The number of hydrogen-bond donors (Lipinski definition) is 2. The molecule has 5 nitrogen and oxygen atoms in total. The van der Waals surface area contributed by atoms with Gasteiger partial charge < -0.3 is 0 Å². The fraction of sp³-hybridized carbons (Fsp3) is 0.385. The van der Waals surface area contributed by atoms with Gasteiger partial charge in [0.25, 0.3) is 0 Å². The quantitative estimate of drug-likeness (QED) is 0.655. The van der Waals surface area contributed by atoms with Crippen molar-refractivity contribution in [3.05, 3.63) is 47.5 Å². The van der Waals surface area contributed by atoms with Crippen LogP contribution in [0.5, 0.6) is 0 Å². The molecule has 2 rings (SSSR count). The van der Waals surface area contributed by atoms with Crippen molar-refractivity contribution in [3.8, 4) is 0 Å². The topological polar surface area (TPSA) is 68.8 Å². The number of nitrogens with one attached hydrogen (secondary N) is 1. The third-order valence-electron chi connectivity index (χ3n) is 3.22. The predicted molar refractivity (Wildman–Crippen MR) is 70.9 cm³/mol. The van der Waals surface area contributed by atoms with Gasteiger partial charge in [-0.2, -0.15) is 18.3 Å². The number of alkyl halides is 3. The molecule has 0 aliphatic carbocycles. The fourth-order valence-electron chi connectivity index (χ4n) is 2.07. The van der Waals surface area contributed by atoms with Crippen LogP contribution in [0, 0.1) is 0 Å². The first-order chi connectivity index (χ1) is 9.95. The predicted octanol–water partition coefficient (Wildman–Crippen LogP) is 2.06. The highest BCUT2D eigenvalue weighted by atomic mass is 19.4. The number of aryl methyl sites for hydroxylation is 1. The maximum atomic E-state index is 12.5. The van der Waals surface area contributed by atoms with Gasteiger partial charge in [-0.05, 0) is 24.6 Å². The minimum absolute atomic E-state index is 0.332. The number of hydrogen-bond acceptors (Lipinski definition) is 4. The zero-order valence-electron chi connectivity index (χ0n) is 11.4. The van der Waals surface area contributed by atoms with Crippen molar-refractivity contribution in [2.24, 2.45) is 5.84 Å². The molecule has 2 aromatic rings. The van der Waals surface area contributed by atoms with Crippen molar-refractivity contribution in [3.63, 3.8) is 0 Å². The number of benzene rings is 1. The van der Waals surface area contributed by atoms with E-state index in [4.69, 9.17) is 5.84 Å². The van der Waals surface area contributed by atoms with E-state index in [-0.39, 0.29) is 6.04 Å². The fourth-order valence-corrected chi connectivity index (χ4v) is 2.07. The van der Waals surface area contributed by atoms with Crippen molar-refractivity contribution in [1.82, 2.24) is 20.2 Å². The zero-order valence-corrected chi connectivity index (χ0v) is 11.4. The first-order valence-corrected chi connectivity index (χ1v) is 6.45. The third kappa shape index (κ3) is 3.59. The van der Waals surface area contributed by atoms with Gasteiger partial charge in [0.05, 0.1) is 11.6 Å². The molecule has 114 valence electrons. The molecular weight excluding hydrogens is 283 g/mol. The second-order valence-corrected chi connectivity index (χ2v) is 4.54. The normalized spacial score (nSPS) is 13.4. The van der Waals surface area contributed by atoms with Gasteiger partial charge in [-0.15, -0.1) is 0 Å². The summed E-state index contributed by atoms with van der Waals surface area (Å²) in [6, 6.07) is 4.59. The standard InChI is InChI=1S/C13H16F3N5/c1-2-21-12(18-8-19-21)7-11(20-17)9-3-5-10(6-4-9)13(14,15)16/h3-6,8,11,20H,2,7,17H2,1H3. The Labute approximate surface area is 119 Å². The lowest BCUT2D eigenvalue weighted by molar-refractivity contribution is -0.137. The van der Waals surface area contributed by atoms with Gasteiger partial charge >= 0.3 is 6.18 Å². The second-order valence-electron chi connectivity index (χ2n) is 4.54. The number of halogens is 3. The number of aromatic nitrogens is 3. The van der Waals surface area contributed by atoms with Gasteiger partial charge in [-0.25, -0.2) is 4.98 Å². The molecule has 0 amide bonds. The van der Waals surface area contributed by atoms with Crippen LogP contribution in [-0.4, -0.2) is 14.8 Å². The van der Waals surface area contributed by atoms with Gasteiger partial charge in [0.15, 0.2) is 0 Å². The maximum absolute atomic E-state index is 12.5. The SMILES string of the molecule is CCn1ncnc1CC(NN)c1ccc(C(F)(F)F)cc1. The van der Waals surface area contributed by atoms with E-state index in [1.807, 2.05) is 6.92 Å². The lowest BCUT2D eigenvalue weighted by atomic mass is 10.0. The summed E-state index contributed by atoms with van der Waals surface area (Å²) < 4.78 is 39.4. The smallest absolute Gasteiger partial charge is 0.271 e. The molecule has 0 bridgehead atoms. The molecule has 1 atom stereocenters. The molecule has 0 saturated heterocycles. The third-order valence-corrected chi connectivity index (χ3v) is 3.22. The van der Waals surface area contributed by atoms with Crippen LogP contribution in [0.15, 0.2) is 30.6 Å². The van der Waals surface area contributed by atoms with Gasteiger partial charge in [0, 0.05) is 13.0 Å². The average Bonchev–Trinajstić information content (AvgIpc) is 2.91. The second kappa shape index (κ2) is 6.23. The Kier molecular flexibility index (Phi) is 4.59. The van der Waals surface area contributed by atoms with Gasteiger partial charge in [0.2, 0.25) is 0 Å². The molecule has 1 heterocycles. The van der Waals surface area contributed by atoms with Crippen LogP contribution < -0.4 is 11.3 Å². The molecule has 21 heavy (non-hydrogen) atoms. The molecule has 3 N–H and O–H groups in total. The average molecular weight is 299 g/mol. The lowest BCUT2D eigenvalue weighted by Gasteiger charge is -2.17. The highest BCUT2D eigenvalue weighted by molar-refractivity contribution is 5.27. The van der Waals surface area contributed by atoms with Gasteiger partial charge in [-0.1, -0.05) is 12.1 Å². The molecule has 0 fully saturated rings. The van der Waals surface area contributed by atoms with Gasteiger partial charge in [0.1, 0.15) is 12.2 Å². The molecule has 0 spiro atoms. The van der Waals surface area contributed by atoms with E-state index < -0.39 is 11.7 Å². The van der Waals surface area contributed by atoms with Crippen LogP contribution in [0.4, 0.5) is 13.2 Å². The lowest BCUT2D eigenvalue weighted by Crippen LogP contribution is -2.30. The van der Waals surface area contributed by atoms with Crippen LogP contribution in [0.25, 0.3) is 0 Å². The number of hydrazine groups is 1. The van der Waals surface area contributed by atoms with Gasteiger partial charge in [-0.3, -0.25) is 16.0 Å². The summed E-state index contributed by atoms with van der Waals surface area (Å²) in [5, 5.41) is 4.05. The van der Waals surface area contributed by atoms with E-state index >= 15 is 0 Å². The summed E-state index contributed by atoms with van der Waals surface area (Å²) in [7, 11) is 0.